The Kier molecular flexibility index (Phi) is 6.67. The van der Waals surface area contributed by atoms with Crippen LogP contribution >= 0.6 is 15.9 Å². The molecule has 0 aromatic heterocycles. The van der Waals surface area contributed by atoms with Gasteiger partial charge >= 0.3 is 0 Å². The Morgan fingerprint density at radius 1 is 0.889 bits per heavy atom. The molecule has 140 valence electrons. The van der Waals surface area contributed by atoms with Crippen molar-refractivity contribution in [2.75, 3.05) is 14.1 Å². The second-order valence-electron chi connectivity index (χ2n) is 6.80. The van der Waals surface area contributed by atoms with Crippen molar-refractivity contribution < 1.29 is 9.84 Å². The smallest absolute Gasteiger partial charge is 0.129 e. The summed E-state index contributed by atoms with van der Waals surface area (Å²) in [5, 5.41) is 9.75. The average Bonchev–Trinajstić information content (AvgIpc) is 2.67. The Balaban J connectivity index is 1.78. The van der Waals surface area contributed by atoms with E-state index in [0.717, 1.165) is 33.5 Å². The van der Waals surface area contributed by atoms with Crippen LogP contribution in [0, 0.1) is 0 Å². The van der Waals surface area contributed by atoms with Gasteiger partial charge in [0.2, 0.25) is 0 Å². The van der Waals surface area contributed by atoms with Crippen LogP contribution in [-0.4, -0.2) is 24.1 Å². The van der Waals surface area contributed by atoms with Gasteiger partial charge in [-0.15, -0.1) is 0 Å². The first-order chi connectivity index (χ1) is 13.1. The zero-order valence-electron chi connectivity index (χ0n) is 15.7. The second kappa shape index (κ2) is 9.18. The summed E-state index contributed by atoms with van der Waals surface area (Å²) < 4.78 is 7.09. The Hall–Kier alpha value is -2.14. The normalized spacial score (nSPS) is 11.0. The molecule has 3 aromatic carbocycles. The molecule has 4 heteroatoms. The molecule has 3 aromatic rings. The van der Waals surface area contributed by atoms with E-state index in [-0.39, 0.29) is 6.61 Å². The van der Waals surface area contributed by atoms with Gasteiger partial charge in [0.15, 0.2) is 0 Å². The second-order valence-corrected chi connectivity index (χ2v) is 7.72. The van der Waals surface area contributed by atoms with Gasteiger partial charge < -0.3 is 14.7 Å². The summed E-state index contributed by atoms with van der Waals surface area (Å²) in [5.74, 6) is 0.765. The van der Waals surface area contributed by atoms with Crippen molar-refractivity contribution in [1.82, 2.24) is 4.90 Å². The van der Waals surface area contributed by atoms with Crippen molar-refractivity contribution in [1.29, 1.82) is 0 Å². The number of halogens is 1. The van der Waals surface area contributed by atoms with Crippen LogP contribution in [0.4, 0.5) is 0 Å². The summed E-state index contributed by atoms with van der Waals surface area (Å²) >= 11 is 3.52. The Labute approximate surface area is 169 Å². The molecule has 0 bridgehead atoms. The van der Waals surface area contributed by atoms with Gasteiger partial charge in [-0.1, -0.05) is 70.5 Å². The maximum absolute atomic E-state index is 9.75. The molecule has 0 saturated carbocycles. The topological polar surface area (TPSA) is 32.7 Å². The number of nitrogens with zero attached hydrogens (tertiary/aromatic N) is 1. The maximum atomic E-state index is 9.75. The van der Waals surface area contributed by atoms with Gasteiger partial charge in [-0.3, -0.25) is 0 Å². The van der Waals surface area contributed by atoms with Crippen LogP contribution in [0.5, 0.6) is 5.75 Å². The molecule has 0 aliphatic rings. The zero-order chi connectivity index (χ0) is 19.2. The molecule has 0 radical (unpaired) electrons. The van der Waals surface area contributed by atoms with E-state index in [1.165, 1.54) is 11.1 Å². The van der Waals surface area contributed by atoms with Gasteiger partial charge in [0.1, 0.15) is 12.4 Å². The summed E-state index contributed by atoms with van der Waals surface area (Å²) in [6.45, 7) is 1.15. The maximum Gasteiger partial charge on any atom is 0.129 e. The summed E-state index contributed by atoms with van der Waals surface area (Å²) in [4.78, 5) is 2.09. The molecule has 3 nitrogen and oxygen atoms in total. The van der Waals surface area contributed by atoms with E-state index in [0.29, 0.717) is 6.61 Å². The van der Waals surface area contributed by atoms with Gasteiger partial charge in [0, 0.05) is 22.1 Å². The van der Waals surface area contributed by atoms with Crippen molar-refractivity contribution in [3.63, 3.8) is 0 Å². The third kappa shape index (κ3) is 5.19. The van der Waals surface area contributed by atoms with E-state index in [1.807, 2.05) is 44.4 Å². The van der Waals surface area contributed by atoms with Gasteiger partial charge in [0.05, 0.1) is 6.61 Å². The van der Waals surface area contributed by atoms with Crippen molar-refractivity contribution >= 4 is 15.9 Å². The van der Waals surface area contributed by atoms with Crippen LogP contribution in [0.1, 0.15) is 16.7 Å². The summed E-state index contributed by atoms with van der Waals surface area (Å²) in [6.07, 6.45) is 0. The van der Waals surface area contributed by atoms with Crippen LogP contribution in [0.2, 0.25) is 0 Å². The molecule has 0 aliphatic carbocycles. The highest BCUT2D eigenvalue weighted by Crippen LogP contribution is 2.30. The predicted octanol–water partition coefficient (Wildman–Crippen LogP) is 5.25. The minimum absolute atomic E-state index is 0.0534. The molecule has 0 unspecified atom stereocenters. The first kappa shape index (κ1) is 19.6. The number of aliphatic hydroxyl groups is 1. The minimum Gasteiger partial charge on any atom is -0.488 e. The lowest BCUT2D eigenvalue weighted by molar-refractivity contribution is 0.255. The highest BCUT2D eigenvalue weighted by Gasteiger charge is 2.13. The third-order valence-corrected chi connectivity index (χ3v) is 4.77. The molecule has 0 atom stereocenters. The first-order valence-corrected chi connectivity index (χ1v) is 9.70. The molecular formula is C23H24BrNO2. The lowest BCUT2D eigenvalue weighted by Gasteiger charge is -2.18. The molecule has 0 spiro atoms. The van der Waals surface area contributed by atoms with E-state index >= 15 is 0 Å². The van der Waals surface area contributed by atoms with E-state index in [2.05, 4.69) is 57.2 Å². The first-order valence-electron chi connectivity index (χ1n) is 8.91. The van der Waals surface area contributed by atoms with E-state index in [1.54, 1.807) is 0 Å². The van der Waals surface area contributed by atoms with Crippen LogP contribution in [-0.2, 0) is 19.8 Å². The SMILES string of the molecule is CN(C)Cc1cc(Br)cc(CO)c1OCc1ccc(-c2ccccc2)cc1. The van der Waals surface area contributed by atoms with E-state index < -0.39 is 0 Å². The monoisotopic (exact) mass is 425 g/mol. The molecule has 0 amide bonds. The van der Waals surface area contributed by atoms with Crippen molar-refractivity contribution in [3.05, 3.63) is 87.9 Å². The number of ether oxygens (including phenoxy) is 1. The van der Waals surface area contributed by atoms with Gasteiger partial charge in [-0.05, 0) is 42.9 Å². The largest absolute Gasteiger partial charge is 0.488 e. The summed E-state index contributed by atoms with van der Waals surface area (Å²) in [5.41, 5.74) is 5.33. The Morgan fingerprint density at radius 3 is 2.15 bits per heavy atom. The number of benzene rings is 3. The summed E-state index contributed by atoms with van der Waals surface area (Å²) in [6, 6.07) is 22.7. The lowest BCUT2D eigenvalue weighted by Crippen LogP contribution is -2.13. The van der Waals surface area contributed by atoms with Gasteiger partial charge in [-0.25, -0.2) is 0 Å². The van der Waals surface area contributed by atoms with Crippen LogP contribution in [0.3, 0.4) is 0 Å². The molecule has 0 fully saturated rings. The van der Waals surface area contributed by atoms with Crippen molar-refractivity contribution in [2.45, 2.75) is 19.8 Å². The average molecular weight is 426 g/mol. The molecule has 1 N–H and O–H groups in total. The van der Waals surface area contributed by atoms with Crippen molar-refractivity contribution in [2.24, 2.45) is 0 Å². The fraction of sp³-hybridized carbons (Fsp3) is 0.217. The standard InChI is InChI=1S/C23H24BrNO2/c1-25(2)14-20-12-22(24)13-21(15-26)23(20)27-16-17-8-10-19(11-9-17)18-6-4-3-5-7-18/h3-13,26H,14-16H2,1-2H3. The molecule has 0 heterocycles. The van der Waals surface area contributed by atoms with Gasteiger partial charge in [-0.2, -0.15) is 0 Å². The fourth-order valence-electron chi connectivity index (χ4n) is 3.05. The van der Waals surface area contributed by atoms with E-state index in [9.17, 15) is 5.11 Å². The Morgan fingerprint density at radius 2 is 1.52 bits per heavy atom. The molecule has 0 aliphatic heterocycles. The van der Waals surface area contributed by atoms with Crippen LogP contribution < -0.4 is 4.74 Å². The zero-order valence-corrected chi connectivity index (χ0v) is 17.2. The fourth-order valence-corrected chi connectivity index (χ4v) is 3.61. The number of hydrogen-bond donors (Lipinski definition) is 1. The molecule has 3 rings (SSSR count). The highest BCUT2D eigenvalue weighted by molar-refractivity contribution is 9.10. The Bertz CT molecular complexity index is 877. The number of aliphatic hydroxyl groups excluding tert-OH is 1. The van der Waals surface area contributed by atoms with Crippen LogP contribution in [0.15, 0.2) is 71.2 Å². The van der Waals surface area contributed by atoms with Crippen molar-refractivity contribution in [3.8, 4) is 16.9 Å². The third-order valence-electron chi connectivity index (χ3n) is 4.31. The molecule has 27 heavy (non-hydrogen) atoms. The van der Waals surface area contributed by atoms with Crippen LogP contribution in [0.25, 0.3) is 11.1 Å². The van der Waals surface area contributed by atoms with E-state index in [4.69, 9.17) is 4.74 Å². The summed E-state index contributed by atoms with van der Waals surface area (Å²) in [7, 11) is 4.04. The predicted molar refractivity (Wildman–Crippen MR) is 114 cm³/mol. The quantitative estimate of drug-likeness (QED) is 0.560. The number of hydrogen-bond acceptors (Lipinski definition) is 3. The lowest BCUT2D eigenvalue weighted by atomic mass is 10.0. The minimum atomic E-state index is -0.0534. The van der Waals surface area contributed by atoms with Gasteiger partial charge in [0.25, 0.3) is 0 Å². The highest BCUT2D eigenvalue weighted by atomic mass is 79.9. The number of rotatable bonds is 7. The molecular weight excluding hydrogens is 402 g/mol. The molecule has 0 saturated heterocycles.